The summed E-state index contributed by atoms with van der Waals surface area (Å²) in [6.45, 7) is 13.7. The topological polar surface area (TPSA) is 68.6 Å². The normalized spacial score (nSPS) is 14.4. The van der Waals surface area contributed by atoms with Gasteiger partial charge >= 0.3 is 0 Å². The van der Waals surface area contributed by atoms with Crippen molar-refractivity contribution in [2.24, 2.45) is 5.92 Å². The van der Waals surface area contributed by atoms with Gasteiger partial charge in [0.2, 0.25) is 0 Å². The van der Waals surface area contributed by atoms with Gasteiger partial charge in [-0.15, -0.1) is 0 Å². The summed E-state index contributed by atoms with van der Waals surface area (Å²) in [5, 5.41) is 4.58. The third-order valence-corrected chi connectivity index (χ3v) is 10.7. The Hall–Kier alpha value is -4.14. The average Bonchev–Trinajstić information content (AvgIpc) is 3.54. The third kappa shape index (κ3) is 10.7. The molecule has 0 fully saturated rings. The van der Waals surface area contributed by atoms with E-state index in [2.05, 4.69) is 108 Å². The lowest BCUT2D eigenvalue weighted by Crippen LogP contribution is -2.30. The second kappa shape index (κ2) is 18.6. The van der Waals surface area contributed by atoms with Crippen LogP contribution in [0.25, 0.3) is 17.2 Å². The molecule has 5 rings (SSSR count). The highest BCUT2D eigenvalue weighted by Gasteiger charge is 2.19. The van der Waals surface area contributed by atoms with Crippen LogP contribution in [0.5, 0.6) is 5.75 Å². The van der Waals surface area contributed by atoms with E-state index in [4.69, 9.17) is 9.47 Å². The van der Waals surface area contributed by atoms with Crippen LogP contribution in [-0.2, 0) is 22.1 Å². The first kappa shape index (κ1) is 36.1. The van der Waals surface area contributed by atoms with Crippen LogP contribution in [0, 0.1) is 5.92 Å². The zero-order valence-electron chi connectivity index (χ0n) is 29.9. The maximum absolute atomic E-state index is 13.7. The van der Waals surface area contributed by atoms with Crippen LogP contribution in [-0.4, -0.2) is 57.9 Å². The van der Waals surface area contributed by atoms with Gasteiger partial charge in [0.1, 0.15) is 12.4 Å². The molecule has 1 amide bonds. The van der Waals surface area contributed by atoms with Crippen molar-refractivity contribution in [3.8, 4) is 16.9 Å². The standard InChI is InChI=1S/C41H54N4O3Si/c1-5-7-22-47-23-24-48-38-15-10-32(11-16-38)33-12-19-40-35(25-33)26-34(9-8-21-44(40)28-31(3)4)41(46)43-36-13-17-39(18-14-36)49-29-37-27-42-30-45(37)20-6-2/h10-19,25-27,30-31H,5-9,20-24,28-29,49H2,1-4H3,(H,43,46)/b34-26+. The largest absolute Gasteiger partial charge is 0.491 e. The number of aromatic nitrogens is 2. The molecule has 1 N–H and O–H groups in total. The molecule has 3 aromatic carbocycles. The Balaban J connectivity index is 1.28. The molecular formula is C41H54N4O3Si. The monoisotopic (exact) mass is 678 g/mol. The first-order chi connectivity index (χ1) is 23.9. The van der Waals surface area contributed by atoms with E-state index in [-0.39, 0.29) is 5.91 Å². The number of rotatable bonds is 17. The molecule has 0 aliphatic carbocycles. The fourth-order valence-corrected chi connectivity index (χ4v) is 7.87. The van der Waals surface area contributed by atoms with Crippen LogP contribution in [0.3, 0.4) is 0 Å². The zero-order chi connectivity index (χ0) is 34.4. The molecular weight excluding hydrogens is 625 g/mol. The molecule has 4 aromatic rings. The highest BCUT2D eigenvalue weighted by molar-refractivity contribution is 6.52. The number of hydrogen-bond acceptors (Lipinski definition) is 5. The van der Waals surface area contributed by atoms with Gasteiger partial charge in [0, 0.05) is 55.1 Å². The fourth-order valence-electron chi connectivity index (χ4n) is 6.34. The first-order valence-corrected chi connectivity index (χ1v) is 19.9. The van der Waals surface area contributed by atoms with Crippen molar-refractivity contribution in [1.82, 2.24) is 9.55 Å². The zero-order valence-corrected chi connectivity index (χ0v) is 31.3. The van der Waals surface area contributed by atoms with Crippen molar-refractivity contribution in [2.75, 3.05) is 43.1 Å². The number of nitrogens with zero attached hydrogens (tertiary/aromatic N) is 3. The summed E-state index contributed by atoms with van der Waals surface area (Å²) in [4.78, 5) is 20.5. The molecule has 260 valence electrons. The lowest BCUT2D eigenvalue weighted by molar-refractivity contribution is -0.112. The molecule has 1 aliphatic rings. The van der Waals surface area contributed by atoms with Crippen molar-refractivity contribution in [1.29, 1.82) is 0 Å². The number of anilines is 2. The highest BCUT2D eigenvalue weighted by atomic mass is 28.2. The SMILES string of the molecule is CCCCOCCOc1ccc(-c2ccc3c(c2)/C=C(/C(=O)Nc2ccc([SiH2]Cc4cncn4CCC)cc2)CCCN3CC(C)C)cc1. The van der Waals surface area contributed by atoms with E-state index in [1.807, 2.05) is 24.7 Å². The smallest absolute Gasteiger partial charge is 0.251 e. The van der Waals surface area contributed by atoms with E-state index in [0.29, 0.717) is 19.1 Å². The number of carbonyl (C=O) groups excluding carboxylic acids is 1. The van der Waals surface area contributed by atoms with Crippen molar-refractivity contribution in [2.45, 2.75) is 72.4 Å². The highest BCUT2D eigenvalue weighted by Crippen LogP contribution is 2.33. The van der Waals surface area contributed by atoms with Gasteiger partial charge in [0.05, 0.1) is 22.5 Å². The Bertz CT molecular complexity index is 1650. The summed E-state index contributed by atoms with van der Waals surface area (Å²) >= 11 is 0. The minimum atomic E-state index is -0.474. The molecule has 1 aromatic heterocycles. The second-order valence-electron chi connectivity index (χ2n) is 13.5. The molecule has 49 heavy (non-hydrogen) atoms. The van der Waals surface area contributed by atoms with Crippen molar-refractivity contribution in [3.05, 3.63) is 96.1 Å². The number of ether oxygens (including phenoxy) is 2. The van der Waals surface area contributed by atoms with E-state index in [1.165, 1.54) is 16.6 Å². The number of amides is 1. The molecule has 0 bridgehead atoms. The Morgan fingerprint density at radius 2 is 1.76 bits per heavy atom. The number of nitrogens with one attached hydrogen (secondary N) is 1. The van der Waals surface area contributed by atoms with Crippen molar-refractivity contribution < 1.29 is 14.3 Å². The third-order valence-electron chi connectivity index (χ3n) is 8.92. The quantitative estimate of drug-likeness (QED) is 0.0930. The molecule has 7 nitrogen and oxygen atoms in total. The minimum Gasteiger partial charge on any atom is -0.491 e. The molecule has 0 unspecified atom stereocenters. The Kier molecular flexibility index (Phi) is 13.7. The molecule has 0 atom stereocenters. The molecule has 0 saturated heterocycles. The van der Waals surface area contributed by atoms with Gasteiger partial charge in [0.15, 0.2) is 0 Å². The summed E-state index contributed by atoms with van der Waals surface area (Å²) in [7, 11) is -0.474. The van der Waals surface area contributed by atoms with Crippen LogP contribution < -0.4 is 20.1 Å². The summed E-state index contributed by atoms with van der Waals surface area (Å²) in [5.74, 6) is 1.35. The van der Waals surface area contributed by atoms with Gasteiger partial charge in [-0.25, -0.2) is 4.98 Å². The predicted octanol–water partition coefficient (Wildman–Crippen LogP) is 7.43. The summed E-state index contributed by atoms with van der Waals surface area (Å²) < 4.78 is 13.8. The molecule has 0 spiro atoms. The number of fused-ring (bicyclic) bond motifs is 1. The maximum Gasteiger partial charge on any atom is 0.251 e. The lowest BCUT2D eigenvalue weighted by atomic mass is 9.96. The molecule has 0 saturated carbocycles. The second-order valence-corrected chi connectivity index (χ2v) is 15.3. The first-order valence-electron chi connectivity index (χ1n) is 18.2. The van der Waals surface area contributed by atoms with Gasteiger partial charge in [-0.3, -0.25) is 4.79 Å². The maximum atomic E-state index is 13.7. The number of benzene rings is 3. The van der Waals surface area contributed by atoms with Gasteiger partial charge < -0.3 is 24.3 Å². The van der Waals surface area contributed by atoms with E-state index in [0.717, 1.165) is 98.1 Å². The van der Waals surface area contributed by atoms with E-state index < -0.39 is 9.52 Å². The van der Waals surface area contributed by atoms with Crippen LogP contribution in [0.2, 0.25) is 0 Å². The molecule has 8 heteroatoms. The van der Waals surface area contributed by atoms with Gasteiger partial charge in [-0.1, -0.05) is 69.6 Å². The summed E-state index contributed by atoms with van der Waals surface area (Å²) in [6, 6.07) is 24.4. The minimum absolute atomic E-state index is 0.0256. The average molecular weight is 679 g/mol. The van der Waals surface area contributed by atoms with Crippen LogP contribution in [0.4, 0.5) is 11.4 Å². The fraction of sp³-hybridized carbons (Fsp3) is 0.415. The number of carbonyl (C=O) groups is 1. The molecule has 1 aliphatic heterocycles. The Labute approximate surface area is 295 Å². The summed E-state index contributed by atoms with van der Waals surface area (Å²) in [5.41, 5.74) is 7.47. The number of aryl methyl sites for hydroxylation is 1. The van der Waals surface area contributed by atoms with E-state index in [1.54, 1.807) is 0 Å². The lowest BCUT2D eigenvalue weighted by Gasteiger charge is -2.30. The number of hydrogen-bond donors (Lipinski definition) is 1. The van der Waals surface area contributed by atoms with Gasteiger partial charge in [0.25, 0.3) is 5.91 Å². The van der Waals surface area contributed by atoms with Crippen LogP contribution >= 0.6 is 0 Å². The predicted molar refractivity (Wildman–Crippen MR) is 207 cm³/mol. The van der Waals surface area contributed by atoms with Crippen LogP contribution in [0.1, 0.15) is 71.1 Å². The van der Waals surface area contributed by atoms with Crippen molar-refractivity contribution in [3.63, 3.8) is 0 Å². The van der Waals surface area contributed by atoms with Crippen LogP contribution in [0.15, 0.2) is 84.8 Å². The molecule has 0 radical (unpaired) electrons. The number of unbranched alkanes of at least 4 members (excludes halogenated alkanes) is 1. The molecule has 2 heterocycles. The number of imidazole rings is 1. The van der Waals surface area contributed by atoms with Crippen molar-refractivity contribution >= 4 is 38.1 Å². The van der Waals surface area contributed by atoms with E-state index in [9.17, 15) is 4.79 Å². The van der Waals surface area contributed by atoms with Gasteiger partial charge in [-0.05, 0) is 96.8 Å². The van der Waals surface area contributed by atoms with Gasteiger partial charge in [-0.2, -0.15) is 0 Å². The summed E-state index contributed by atoms with van der Waals surface area (Å²) in [6.07, 6.45) is 11.0. The Morgan fingerprint density at radius 3 is 2.51 bits per heavy atom. The Morgan fingerprint density at radius 1 is 0.959 bits per heavy atom. The van der Waals surface area contributed by atoms with E-state index >= 15 is 0 Å².